The van der Waals surface area contributed by atoms with E-state index in [1.165, 1.54) is 32.4 Å². The fraction of sp³-hybridized carbons (Fsp3) is 0.348. The van der Waals surface area contributed by atoms with Gasteiger partial charge in [-0.05, 0) is 63.2 Å². The fourth-order valence-corrected chi connectivity index (χ4v) is 3.68. The Morgan fingerprint density at radius 2 is 1.72 bits per heavy atom. The molecule has 0 radical (unpaired) electrons. The van der Waals surface area contributed by atoms with Gasteiger partial charge in [0.1, 0.15) is 5.82 Å². The monoisotopic (exact) mass is 388 g/mol. The molecule has 0 saturated carbocycles. The molecule has 0 spiro atoms. The number of anilines is 3. The summed E-state index contributed by atoms with van der Waals surface area (Å²) >= 11 is 0. The Kier molecular flexibility index (Phi) is 6.65. The van der Waals surface area contributed by atoms with E-state index in [-0.39, 0.29) is 0 Å². The predicted octanol–water partition coefficient (Wildman–Crippen LogP) is 4.57. The fourth-order valence-electron chi connectivity index (χ4n) is 3.68. The summed E-state index contributed by atoms with van der Waals surface area (Å²) in [4.78, 5) is 16.0. The topological polar surface area (TPSA) is 66.0 Å². The summed E-state index contributed by atoms with van der Waals surface area (Å²) in [6.45, 7) is 4.56. The molecule has 6 nitrogen and oxygen atoms in total. The summed E-state index contributed by atoms with van der Waals surface area (Å²) in [6.07, 6.45) is 8.77. The second kappa shape index (κ2) is 9.98. The van der Waals surface area contributed by atoms with Crippen molar-refractivity contribution < 1.29 is 0 Å². The van der Waals surface area contributed by atoms with E-state index in [0.717, 1.165) is 42.3 Å². The number of aromatic nitrogens is 3. The first-order valence-corrected chi connectivity index (χ1v) is 10.5. The van der Waals surface area contributed by atoms with Crippen LogP contribution < -0.4 is 10.6 Å². The second-order valence-electron chi connectivity index (χ2n) is 7.33. The number of hydrogen-bond donors (Lipinski definition) is 2. The summed E-state index contributed by atoms with van der Waals surface area (Å²) < 4.78 is 0. The number of pyridine rings is 1. The van der Waals surface area contributed by atoms with Gasteiger partial charge in [-0.3, -0.25) is 4.98 Å². The Bertz CT molecular complexity index is 893. The third-order valence-electron chi connectivity index (χ3n) is 5.18. The van der Waals surface area contributed by atoms with Gasteiger partial charge in [0.15, 0.2) is 0 Å². The van der Waals surface area contributed by atoms with E-state index in [0.29, 0.717) is 5.95 Å². The average Bonchev–Trinajstić information content (AvgIpc) is 2.79. The van der Waals surface area contributed by atoms with Crippen LogP contribution in [0.4, 0.5) is 17.5 Å². The third-order valence-corrected chi connectivity index (χ3v) is 5.18. The highest BCUT2D eigenvalue weighted by Crippen LogP contribution is 2.27. The van der Waals surface area contributed by atoms with Gasteiger partial charge in [-0.25, -0.2) is 4.98 Å². The van der Waals surface area contributed by atoms with Crippen LogP contribution in [0, 0.1) is 0 Å². The van der Waals surface area contributed by atoms with Crippen molar-refractivity contribution in [3.8, 4) is 11.3 Å². The average molecular weight is 389 g/mol. The quantitative estimate of drug-likeness (QED) is 0.551. The van der Waals surface area contributed by atoms with E-state index < -0.39 is 0 Å². The lowest BCUT2D eigenvalue weighted by Crippen LogP contribution is -2.31. The van der Waals surface area contributed by atoms with Crippen LogP contribution in [0.3, 0.4) is 0 Å². The number of piperidine rings is 1. The van der Waals surface area contributed by atoms with E-state index in [4.69, 9.17) is 0 Å². The van der Waals surface area contributed by atoms with Gasteiger partial charge in [0.05, 0.1) is 11.4 Å². The molecule has 1 saturated heterocycles. The molecule has 2 aromatic heterocycles. The van der Waals surface area contributed by atoms with Crippen LogP contribution in [0.5, 0.6) is 0 Å². The van der Waals surface area contributed by atoms with Gasteiger partial charge >= 0.3 is 0 Å². The molecule has 0 unspecified atom stereocenters. The van der Waals surface area contributed by atoms with Crippen LogP contribution in [0.25, 0.3) is 11.3 Å². The van der Waals surface area contributed by atoms with Gasteiger partial charge < -0.3 is 15.5 Å². The summed E-state index contributed by atoms with van der Waals surface area (Å²) in [5, 5.41) is 6.77. The molecule has 0 bridgehead atoms. The van der Waals surface area contributed by atoms with Crippen LogP contribution in [-0.4, -0.2) is 46.0 Å². The van der Waals surface area contributed by atoms with E-state index in [9.17, 15) is 0 Å². The highest BCUT2D eigenvalue weighted by atomic mass is 15.1. The molecule has 1 fully saturated rings. The molecule has 2 N–H and O–H groups in total. The highest BCUT2D eigenvalue weighted by Gasteiger charge is 2.10. The Morgan fingerprint density at radius 1 is 0.862 bits per heavy atom. The van der Waals surface area contributed by atoms with Crippen molar-refractivity contribution in [2.45, 2.75) is 25.7 Å². The maximum atomic E-state index is 4.62. The Labute approximate surface area is 172 Å². The largest absolute Gasteiger partial charge is 0.370 e. The number of benzene rings is 1. The van der Waals surface area contributed by atoms with Crippen LogP contribution in [0.2, 0.25) is 0 Å². The SMILES string of the molecule is c1ccc(-c2ccccc2Nc2nccc(NCCCN3CCCCC3)n2)nc1. The Hall–Kier alpha value is -2.99. The molecule has 1 aliphatic heterocycles. The minimum Gasteiger partial charge on any atom is -0.370 e. The molecule has 4 rings (SSSR count). The van der Waals surface area contributed by atoms with Crippen molar-refractivity contribution in [3.05, 3.63) is 60.9 Å². The lowest BCUT2D eigenvalue weighted by atomic mass is 10.1. The van der Waals surface area contributed by atoms with E-state index in [1.54, 1.807) is 12.4 Å². The van der Waals surface area contributed by atoms with Gasteiger partial charge in [-0.2, -0.15) is 4.98 Å². The Balaban J connectivity index is 1.36. The van der Waals surface area contributed by atoms with Crippen molar-refractivity contribution in [1.82, 2.24) is 19.9 Å². The first-order chi connectivity index (χ1) is 14.4. The van der Waals surface area contributed by atoms with Crippen LogP contribution in [0.1, 0.15) is 25.7 Å². The summed E-state index contributed by atoms with van der Waals surface area (Å²) in [5.41, 5.74) is 2.88. The van der Waals surface area contributed by atoms with E-state index in [1.807, 2.05) is 48.5 Å². The number of hydrogen-bond acceptors (Lipinski definition) is 6. The number of likely N-dealkylation sites (tertiary alicyclic amines) is 1. The first-order valence-electron chi connectivity index (χ1n) is 10.5. The summed E-state index contributed by atoms with van der Waals surface area (Å²) in [5.74, 6) is 1.42. The van der Waals surface area contributed by atoms with Crippen LogP contribution >= 0.6 is 0 Å². The molecule has 3 aromatic rings. The molecule has 6 heteroatoms. The molecular formula is C23H28N6. The number of para-hydroxylation sites is 1. The Morgan fingerprint density at radius 3 is 2.59 bits per heavy atom. The zero-order chi connectivity index (χ0) is 19.7. The van der Waals surface area contributed by atoms with Gasteiger partial charge in [-0.1, -0.05) is 30.7 Å². The predicted molar refractivity (Wildman–Crippen MR) is 118 cm³/mol. The van der Waals surface area contributed by atoms with Crippen LogP contribution in [-0.2, 0) is 0 Å². The number of nitrogens with one attached hydrogen (secondary N) is 2. The molecule has 0 amide bonds. The van der Waals surface area contributed by atoms with Gasteiger partial charge in [0.25, 0.3) is 0 Å². The first kappa shape index (κ1) is 19.3. The number of rotatable bonds is 8. The second-order valence-corrected chi connectivity index (χ2v) is 7.33. The van der Waals surface area contributed by atoms with Crippen LogP contribution in [0.15, 0.2) is 60.9 Å². The van der Waals surface area contributed by atoms with Crippen molar-refractivity contribution >= 4 is 17.5 Å². The zero-order valence-corrected chi connectivity index (χ0v) is 16.7. The molecular weight excluding hydrogens is 360 g/mol. The third kappa shape index (κ3) is 5.51. The maximum Gasteiger partial charge on any atom is 0.229 e. The standard InChI is InChI=1S/C23H28N6/c1-6-16-29(17-7-1)18-8-14-25-22-12-15-26-23(28-22)27-21-11-3-2-9-19(21)20-10-4-5-13-24-20/h2-5,9-13,15H,1,6-8,14,16-18H2,(H2,25,26,27,28). The summed E-state index contributed by atoms with van der Waals surface area (Å²) in [6, 6.07) is 15.9. The van der Waals surface area contributed by atoms with Crippen molar-refractivity contribution in [2.24, 2.45) is 0 Å². The van der Waals surface area contributed by atoms with E-state index >= 15 is 0 Å². The molecule has 1 aromatic carbocycles. The minimum atomic E-state index is 0.578. The molecule has 0 atom stereocenters. The molecule has 0 aliphatic carbocycles. The maximum absolute atomic E-state index is 4.62. The molecule has 1 aliphatic rings. The zero-order valence-electron chi connectivity index (χ0n) is 16.7. The molecule has 29 heavy (non-hydrogen) atoms. The smallest absolute Gasteiger partial charge is 0.229 e. The lowest BCUT2D eigenvalue weighted by Gasteiger charge is -2.26. The normalized spacial score (nSPS) is 14.5. The van der Waals surface area contributed by atoms with Gasteiger partial charge in [-0.15, -0.1) is 0 Å². The molecule has 3 heterocycles. The lowest BCUT2D eigenvalue weighted by molar-refractivity contribution is 0.228. The van der Waals surface area contributed by atoms with Gasteiger partial charge in [0, 0.05) is 24.5 Å². The minimum absolute atomic E-state index is 0.578. The molecule has 150 valence electrons. The summed E-state index contributed by atoms with van der Waals surface area (Å²) in [7, 11) is 0. The highest BCUT2D eigenvalue weighted by molar-refractivity contribution is 5.77. The van der Waals surface area contributed by atoms with Crippen molar-refractivity contribution in [2.75, 3.05) is 36.8 Å². The number of nitrogens with zero attached hydrogens (tertiary/aromatic N) is 4. The van der Waals surface area contributed by atoms with E-state index in [2.05, 4.69) is 30.5 Å². The van der Waals surface area contributed by atoms with Crippen molar-refractivity contribution in [3.63, 3.8) is 0 Å². The van der Waals surface area contributed by atoms with Crippen molar-refractivity contribution in [1.29, 1.82) is 0 Å². The van der Waals surface area contributed by atoms with Gasteiger partial charge in [0.2, 0.25) is 5.95 Å².